The molecule has 0 radical (unpaired) electrons. The van der Waals surface area contributed by atoms with Gasteiger partial charge in [0.15, 0.2) is 11.6 Å². The van der Waals surface area contributed by atoms with Gasteiger partial charge in [0.2, 0.25) is 11.8 Å². The molecular weight excluding hydrogens is 533 g/mol. The SMILES string of the molecule is Cc1cccc(-c2cc(OC(=O)NC3CCCCC3)nc(Nc3ccc(OCCCN4CCCCC4)c(F)c3)n2)c1C. The Balaban J connectivity index is 1.28. The van der Waals surface area contributed by atoms with Crippen LogP contribution < -0.4 is 20.1 Å². The van der Waals surface area contributed by atoms with Gasteiger partial charge in [-0.2, -0.15) is 4.98 Å². The van der Waals surface area contributed by atoms with E-state index in [1.54, 1.807) is 18.2 Å². The highest BCUT2D eigenvalue weighted by Gasteiger charge is 2.19. The lowest BCUT2D eigenvalue weighted by Gasteiger charge is -2.26. The van der Waals surface area contributed by atoms with Crippen LogP contribution in [0.3, 0.4) is 0 Å². The summed E-state index contributed by atoms with van der Waals surface area (Å²) in [7, 11) is 0. The minimum Gasteiger partial charge on any atom is -0.490 e. The first-order valence-electron chi connectivity index (χ1n) is 15.3. The number of aryl methyl sites for hydroxylation is 1. The molecule has 1 amide bonds. The summed E-state index contributed by atoms with van der Waals surface area (Å²) >= 11 is 0. The molecule has 8 nitrogen and oxygen atoms in total. The maximum absolute atomic E-state index is 15.0. The molecule has 3 aromatic rings. The van der Waals surface area contributed by atoms with Gasteiger partial charge in [-0.25, -0.2) is 14.2 Å². The van der Waals surface area contributed by atoms with Gasteiger partial charge in [0.1, 0.15) is 0 Å². The molecule has 1 aromatic heterocycles. The first kappa shape index (κ1) is 29.8. The summed E-state index contributed by atoms with van der Waals surface area (Å²) in [6.07, 6.45) is 9.42. The topological polar surface area (TPSA) is 88.6 Å². The highest BCUT2D eigenvalue weighted by Crippen LogP contribution is 2.29. The van der Waals surface area contributed by atoms with Crippen molar-refractivity contribution in [1.29, 1.82) is 0 Å². The van der Waals surface area contributed by atoms with Gasteiger partial charge >= 0.3 is 6.09 Å². The normalized spacial score (nSPS) is 16.2. The van der Waals surface area contributed by atoms with Gasteiger partial charge in [0.05, 0.1) is 12.3 Å². The molecule has 2 N–H and O–H groups in total. The summed E-state index contributed by atoms with van der Waals surface area (Å²) in [6.45, 7) is 7.77. The number of nitrogens with one attached hydrogen (secondary N) is 2. The van der Waals surface area contributed by atoms with E-state index in [0.717, 1.165) is 68.4 Å². The average molecular weight is 576 g/mol. The van der Waals surface area contributed by atoms with Crippen LogP contribution in [0, 0.1) is 19.7 Å². The van der Waals surface area contributed by atoms with Crippen molar-refractivity contribution >= 4 is 17.7 Å². The van der Waals surface area contributed by atoms with Gasteiger partial charge in [0, 0.05) is 36.0 Å². The molecule has 2 aliphatic rings. The minimum atomic E-state index is -0.536. The molecule has 224 valence electrons. The number of hydrogen-bond acceptors (Lipinski definition) is 7. The lowest BCUT2D eigenvalue weighted by atomic mass is 9.96. The number of aromatic nitrogens is 2. The zero-order valence-electron chi connectivity index (χ0n) is 24.8. The quantitative estimate of drug-likeness (QED) is 0.245. The molecule has 0 bridgehead atoms. The van der Waals surface area contributed by atoms with E-state index in [-0.39, 0.29) is 23.6 Å². The summed E-state index contributed by atoms with van der Waals surface area (Å²) in [4.78, 5) is 24.3. The van der Waals surface area contributed by atoms with E-state index >= 15 is 0 Å². The fourth-order valence-corrected chi connectivity index (χ4v) is 5.72. The summed E-state index contributed by atoms with van der Waals surface area (Å²) < 4.78 is 26.3. The van der Waals surface area contributed by atoms with Crippen LogP contribution in [0.5, 0.6) is 11.6 Å². The Morgan fingerprint density at radius 2 is 1.79 bits per heavy atom. The molecule has 5 rings (SSSR count). The van der Waals surface area contributed by atoms with Crippen LogP contribution in [0.25, 0.3) is 11.3 Å². The molecule has 2 aromatic carbocycles. The van der Waals surface area contributed by atoms with Crippen molar-refractivity contribution in [2.45, 2.75) is 77.7 Å². The van der Waals surface area contributed by atoms with E-state index in [0.29, 0.717) is 18.0 Å². The number of carbonyl (C=O) groups is 1. The van der Waals surface area contributed by atoms with Gasteiger partial charge in [-0.1, -0.05) is 43.9 Å². The number of anilines is 2. The van der Waals surface area contributed by atoms with Crippen LogP contribution in [-0.2, 0) is 0 Å². The summed E-state index contributed by atoms with van der Waals surface area (Å²) in [5.41, 5.74) is 4.14. The number of nitrogens with zero attached hydrogens (tertiary/aromatic N) is 3. The van der Waals surface area contributed by atoms with E-state index in [4.69, 9.17) is 9.47 Å². The van der Waals surface area contributed by atoms with E-state index in [2.05, 4.69) is 25.5 Å². The molecule has 1 saturated heterocycles. The van der Waals surface area contributed by atoms with Crippen LogP contribution >= 0.6 is 0 Å². The first-order chi connectivity index (χ1) is 20.4. The molecule has 1 aliphatic heterocycles. The molecule has 9 heteroatoms. The summed E-state index contributed by atoms with van der Waals surface area (Å²) in [5.74, 6) is 0.0639. The Labute approximate surface area is 248 Å². The van der Waals surface area contributed by atoms with Gasteiger partial charge in [0.25, 0.3) is 0 Å². The zero-order chi connectivity index (χ0) is 29.3. The van der Waals surface area contributed by atoms with Crippen molar-refractivity contribution in [3.8, 4) is 22.9 Å². The standard InChI is InChI=1S/C33H42FN5O3/c1-23-11-9-14-27(24(23)2)29-22-31(42-33(40)36-25-12-5-3-6-13-25)38-32(37-29)35-26-15-16-30(28(34)21-26)41-20-10-19-39-17-7-4-8-18-39/h9,11,14-16,21-22,25H,3-8,10,12-13,17-20H2,1-2H3,(H,36,40)(H,35,37,38). The highest BCUT2D eigenvalue weighted by atomic mass is 19.1. The van der Waals surface area contributed by atoms with Crippen LogP contribution in [0.15, 0.2) is 42.5 Å². The Morgan fingerprint density at radius 3 is 2.57 bits per heavy atom. The third-order valence-electron chi connectivity index (χ3n) is 8.22. The molecule has 2 heterocycles. The monoisotopic (exact) mass is 575 g/mol. The van der Waals surface area contributed by atoms with Crippen molar-refractivity contribution in [3.63, 3.8) is 0 Å². The van der Waals surface area contributed by atoms with Crippen molar-refractivity contribution in [1.82, 2.24) is 20.2 Å². The minimum absolute atomic E-state index is 0.109. The molecule has 0 unspecified atom stereocenters. The van der Waals surface area contributed by atoms with Gasteiger partial charge in [-0.15, -0.1) is 0 Å². The Hall–Kier alpha value is -3.72. The maximum Gasteiger partial charge on any atom is 0.414 e. The van der Waals surface area contributed by atoms with Gasteiger partial charge < -0.3 is 25.0 Å². The number of hydrogen-bond donors (Lipinski definition) is 2. The second kappa shape index (κ2) is 14.4. The Morgan fingerprint density at radius 1 is 1.00 bits per heavy atom. The number of benzene rings is 2. The van der Waals surface area contributed by atoms with Crippen LogP contribution in [0.1, 0.15) is 68.9 Å². The molecule has 1 saturated carbocycles. The third-order valence-corrected chi connectivity index (χ3v) is 8.22. The second-order valence-corrected chi connectivity index (χ2v) is 11.4. The molecule has 42 heavy (non-hydrogen) atoms. The smallest absolute Gasteiger partial charge is 0.414 e. The molecule has 1 aliphatic carbocycles. The Bertz CT molecular complexity index is 1360. The second-order valence-electron chi connectivity index (χ2n) is 11.4. The van der Waals surface area contributed by atoms with Crippen LogP contribution in [-0.4, -0.2) is 53.2 Å². The lowest BCUT2D eigenvalue weighted by Crippen LogP contribution is -2.38. The number of piperidine rings is 1. The fraction of sp³-hybridized carbons (Fsp3) is 0.485. The number of likely N-dealkylation sites (tertiary alicyclic amines) is 1. The van der Waals surface area contributed by atoms with Gasteiger partial charge in [-0.3, -0.25) is 0 Å². The predicted molar refractivity (Wildman–Crippen MR) is 163 cm³/mol. The number of halogens is 1. The van der Waals surface area contributed by atoms with Crippen molar-refractivity contribution in [2.75, 3.05) is 31.6 Å². The van der Waals surface area contributed by atoms with E-state index in [1.807, 2.05) is 32.0 Å². The van der Waals surface area contributed by atoms with Crippen molar-refractivity contribution in [2.24, 2.45) is 0 Å². The van der Waals surface area contributed by atoms with E-state index in [9.17, 15) is 9.18 Å². The number of amides is 1. The lowest BCUT2D eigenvalue weighted by molar-refractivity contribution is 0.190. The molecule has 0 atom stereocenters. The molecule has 0 spiro atoms. The summed E-state index contributed by atoms with van der Waals surface area (Å²) in [5, 5.41) is 6.05. The molecular formula is C33H42FN5O3. The maximum atomic E-state index is 15.0. The zero-order valence-corrected chi connectivity index (χ0v) is 24.8. The number of rotatable bonds is 10. The van der Waals surface area contributed by atoms with E-state index < -0.39 is 11.9 Å². The first-order valence-corrected chi connectivity index (χ1v) is 15.3. The number of ether oxygens (including phenoxy) is 2. The van der Waals surface area contributed by atoms with E-state index in [1.165, 1.54) is 31.7 Å². The predicted octanol–water partition coefficient (Wildman–Crippen LogP) is 7.32. The Kier molecular flexibility index (Phi) is 10.2. The highest BCUT2D eigenvalue weighted by molar-refractivity contribution is 5.72. The van der Waals surface area contributed by atoms with Crippen molar-refractivity contribution < 1.29 is 18.7 Å². The molecule has 2 fully saturated rings. The van der Waals surface area contributed by atoms with Crippen LogP contribution in [0.2, 0.25) is 0 Å². The summed E-state index contributed by atoms with van der Waals surface area (Å²) in [6, 6.07) is 12.4. The van der Waals surface area contributed by atoms with Crippen LogP contribution in [0.4, 0.5) is 20.8 Å². The third kappa shape index (κ3) is 8.18. The number of carbonyl (C=O) groups excluding carboxylic acids is 1. The average Bonchev–Trinajstić information content (AvgIpc) is 2.98. The van der Waals surface area contributed by atoms with Gasteiger partial charge in [-0.05, 0) is 82.3 Å². The largest absolute Gasteiger partial charge is 0.490 e. The fourth-order valence-electron chi connectivity index (χ4n) is 5.72. The van der Waals surface area contributed by atoms with Crippen molar-refractivity contribution in [3.05, 3.63) is 59.4 Å².